The van der Waals surface area contributed by atoms with Crippen molar-refractivity contribution in [1.82, 2.24) is 10.3 Å². The van der Waals surface area contributed by atoms with Crippen LogP contribution in [0.1, 0.15) is 29.4 Å². The van der Waals surface area contributed by atoms with Crippen molar-refractivity contribution in [2.24, 2.45) is 4.99 Å². The van der Waals surface area contributed by atoms with Gasteiger partial charge in [0.15, 0.2) is 6.10 Å². The number of pyridine rings is 1. The van der Waals surface area contributed by atoms with E-state index in [0.29, 0.717) is 0 Å². The molecule has 1 amide bonds. The molecule has 13 heteroatoms. The number of nitrogens with one attached hydrogen (secondary N) is 1. The smallest absolute Gasteiger partial charge is 0.425 e. The molecule has 2 heterocycles. The number of hydrogen-bond donors (Lipinski definition) is 1. The highest BCUT2D eigenvalue weighted by Crippen LogP contribution is 2.40. The molecule has 8 nitrogen and oxygen atoms in total. The van der Waals surface area contributed by atoms with Crippen LogP contribution in [0.4, 0.5) is 23.2 Å². The van der Waals surface area contributed by atoms with Crippen LogP contribution in [0.2, 0.25) is 0 Å². The minimum Gasteiger partial charge on any atom is -0.452 e. The van der Waals surface area contributed by atoms with Gasteiger partial charge in [0, 0.05) is 24.1 Å². The van der Waals surface area contributed by atoms with E-state index in [4.69, 9.17) is 4.74 Å². The van der Waals surface area contributed by atoms with E-state index >= 15 is 0 Å². The average molecular weight is 505 g/mol. The molecule has 3 rings (SSSR count). The fourth-order valence-electron chi connectivity index (χ4n) is 2.92. The van der Waals surface area contributed by atoms with Gasteiger partial charge in [-0.1, -0.05) is 0 Å². The maximum atomic E-state index is 14.4. The van der Waals surface area contributed by atoms with Crippen molar-refractivity contribution < 1.29 is 32.0 Å². The monoisotopic (exact) mass is 504 g/mol. The standard InChI is InChI=1S/C18H13BrF4N4O4/c1-17(14-11(20)6-7-13(19)24-14)8-12(18(21,22)23)31-16(26-17)25-15(28)9-2-4-10(5-3-9)27(29)30/h2-7,12H,8H2,1H3,(H,25,26,28)/t12-,17-/m0/s1. The van der Waals surface area contributed by atoms with Crippen molar-refractivity contribution in [2.75, 3.05) is 0 Å². The third-order valence-electron chi connectivity index (χ3n) is 4.43. The van der Waals surface area contributed by atoms with Gasteiger partial charge < -0.3 is 4.74 Å². The summed E-state index contributed by atoms with van der Waals surface area (Å²) in [6.45, 7) is 1.24. The molecule has 2 aromatic rings. The largest absolute Gasteiger partial charge is 0.452 e. The number of rotatable bonds is 3. The molecule has 0 bridgehead atoms. The van der Waals surface area contributed by atoms with Crippen molar-refractivity contribution in [3.63, 3.8) is 0 Å². The zero-order valence-corrected chi connectivity index (χ0v) is 17.2. The van der Waals surface area contributed by atoms with Crippen LogP contribution in [-0.4, -0.2) is 34.1 Å². The first-order chi connectivity index (χ1) is 14.4. The first-order valence-corrected chi connectivity index (χ1v) is 9.40. The van der Waals surface area contributed by atoms with Gasteiger partial charge in [-0.05, 0) is 47.1 Å². The van der Waals surface area contributed by atoms with E-state index in [1.165, 1.54) is 13.0 Å². The Morgan fingerprint density at radius 1 is 1.29 bits per heavy atom. The van der Waals surface area contributed by atoms with Crippen LogP contribution in [0, 0.1) is 15.9 Å². The third kappa shape index (κ3) is 4.98. The summed E-state index contributed by atoms with van der Waals surface area (Å²) in [6.07, 6.45) is -7.99. The Labute approximate surface area is 180 Å². The number of benzene rings is 1. The van der Waals surface area contributed by atoms with E-state index in [-0.39, 0.29) is 21.5 Å². The van der Waals surface area contributed by atoms with E-state index in [0.717, 1.165) is 30.3 Å². The molecule has 0 fully saturated rings. The lowest BCUT2D eigenvalue weighted by Gasteiger charge is -2.36. The molecule has 2 atom stereocenters. The number of alkyl halides is 3. The van der Waals surface area contributed by atoms with Crippen LogP contribution in [0.3, 0.4) is 0 Å². The van der Waals surface area contributed by atoms with Crippen molar-refractivity contribution in [1.29, 1.82) is 0 Å². The van der Waals surface area contributed by atoms with Crippen molar-refractivity contribution in [3.05, 3.63) is 68.2 Å². The van der Waals surface area contributed by atoms with E-state index in [1.807, 2.05) is 0 Å². The molecule has 1 aliphatic rings. The fourth-order valence-corrected chi connectivity index (χ4v) is 3.23. The SMILES string of the molecule is C[C@@]1(c2nc(Br)ccc2F)C[C@@H](C(F)(F)F)OC(NC(=O)c2ccc([N+](=O)[O-])cc2)=N1. The van der Waals surface area contributed by atoms with Crippen LogP contribution in [-0.2, 0) is 10.3 Å². The van der Waals surface area contributed by atoms with Crippen LogP contribution in [0.15, 0.2) is 46.0 Å². The number of carbonyl (C=O) groups excluding carboxylic acids is 1. The van der Waals surface area contributed by atoms with E-state index < -0.39 is 46.9 Å². The second-order valence-electron chi connectivity index (χ2n) is 6.77. The summed E-state index contributed by atoms with van der Waals surface area (Å²) in [7, 11) is 0. The minimum atomic E-state index is -4.83. The zero-order chi connectivity index (χ0) is 23.0. The number of aliphatic imine (C=N–C) groups is 1. The number of hydrogen-bond acceptors (Lipinski definition) is 6. The van der Waals surface area contributed by atoms with Crippen LogP contribution < -0.4 is 5.32 Å². The molecule has 1 aromatic heterocycles. The molecule has 1 aromatic carbocycles. The van der Waals surface area contributed by atoms with E-state index in [9.17, 15) is 32.5 Å². The lowest BCUT2D eigenvalue weighted by Crippen LogP contribution is -2.49. The quantitative estimate of drug-likeness (QED) is 0.291. The van der Waals surface area contributed by atoms with Gasteiger partial charge in [-0.15, -0.1) is 0 Å². The molecular formula is C18H13BrF4N4O4. The number of nitro benzene ring substituents is 1. The van der Waals surface area contributed by atoms with Gasteiger partial charge in [-0.25, -0.2) is 14.4 Å². The summed E-state index contributed by atoms with van der Waals surface area (Å²) in [5.41, 5.74) is -2.52. The number of amides is 1. The van der Waals surface area contributed by atoms with Crippen molar-refractivity contribution in [3.8, 4) is 0 Å². The Morgan fingerprint density at radius 2 is 1.94 bits per heavy atom. The zero-order valence-electron chi connectivity index (χ0n) is 15.6. The molecule has 0 saturated carbocycles. The molecule has 0 aliphatic carbocycles. The maximum absolute atomic E-state index is 14.4. The Balaban J connectivity index is 1.95. The lowest BCUT2D eigenvalue weighted by atomic mass is 9.89. The fraction of sp³-hybridized carbons (Fsp3) is 0.278. The molecule has 164 valence electrons. The Hall–Kier alpha value is -3.09. The molecule has 0 radical (unpaired) electrons. The number of halogens is 5. The number of aromatic nitrogens is 1. The molecule has 0 saturated heterocycles. The van der Waals surface area contributed by atoms with Crippen LogP contribution in [0.25, 0.3) is 0 Å². The summed E-state index contributed by atoms with van der Waals surface area (Å²) >= 11 is 3.05. The highest BCUT2D eigenvalue weighted by atomic mass is 79.9. The Morgan fingerprint density at radius 3 is 2.52 bits per heavy atom. The van der Waals surface area contributed by atoms with Gasteiger partial charge in [0.2, 0.25) is 0 Å². The van der Waals surface area contributed by atoms with Gasteiger partial charge in [0.05, 0.1) is 4.92 Å². The molecule has 0 unspecified atom stereocenters. The van der Waals surface area contributed by atoms with Crippen molar-refractivity contribution >= 4 is 33.5 Å². The van der Waals surface area contributed by atoms with E-state index in [2.05, 4.69) is 31.2 Å². The van der Waals surface area contributed by atoms with Gasteiger partial charge in [0.25, 0.3) is 17.6 Å². The topological polar surface area (TPSA) is 107 Å². The predicted molar refractivity (Wildman–Crippen MR) is 103 cm³/mol. The number of amidine groups is 1. The minimum absolute atomic E-state index is 0.0838. The number of non-ortho nitro benzene ring substituents is 1. The number of ether oxygens (including phenoxy) is 1. The Bertz CT molecular complexity index is 1060. The number of carbonyl (C=O) groups is 1. The van der Waals surface area contributed by atoms with Gasteiger partial charge in [-0.2, -0.15) is 13.2 Å². The summed E-state index contributed by atoms with van der Waals surface area (Å²) in [6, 6.07) is 5.88. The molecule has 1 aliphatic heterocycles. The summed E-state index contributed by atoms with van der Waals surface area (Å²) in [5.74, 6) is -1.79. The summed E-state index contributed by atoms with van der Waals surface area (Å²) < 4.78 is 59.7. The normalized spacial score (nSPS) is 21.1. The molecule has 0 spiro atoms. The highest BCUT2D eigenvalue weighted by Gasteiger charge is 2.51. The third-order valence-corrected chi connectivity index (χ3v) is 4.87. The predicted octanol–water partition coefficient (Wildman–Crippen LogP) is 4.24. The summed E-state index contributed by atoms with van der Waals surface area (Å²) in [4.78, 5) is 30.3. The van der Waals surface area contributed by atoms with Gasteiger partial charge >= 0.3 is 6.18 Å². The highest BCUT2D eigenvalue weighted by molar-refractivity contribution is 9.10. The second-order valence-corrected chi connectivity index (χ2v) is 7.58. The molecular weight excluding hydrogens is 492 g/mol. The molecule has 1 N–H and O–H groups in total. The number of nitro groups is 1. The van der Waals surface area contributed by atoms with E-state index in [1.54, 1.807) is 0 Å². The second kappa shape index (κ2) is 8.21. The van der Waals surface area contributed by atoms with Crippen molar-refractivity contribution in [2.45, 2.75) is 31.2 Å². The first-order valence-electron chi connectivity index (χ1n) is 8.60. The maximum Gasteiger partial charge on any atom is 0.425 e. The average Bonchev–Trinajstić information content (AvgIpc) is 2.68. The van der Waals surface area contributed by atoms with Gasteiger partial charge in [-0.3, -0.25) is 20.2 Å². The van der Waals surface area contributed by atoms with Crippen LogP contribution in [0.5, 0.6) is 0 Å². The Kier molecular flexibility index (Phi) is 5.98. The number of nitrogens with zero attached hydrogens (tertiary/aromatic N) is 3. The summed E-state index contributed by atoms with van der Waals surface area (Å²) in [5, 5.41) is 12.8. The van der Waals surface area contributed by atoms with Gasteiger partial charge in [0.1, 0.15) is 21.7 Å². The lowest BCUT2D eigenvalue weighted by molar-refractivity contribution is -0.384. The van der Waals surface area contributed by atoms with Crippen LogP contribution >= 0.6 is 15.9 Å². The molecule has 31 heavy (non-hydrogen) atoms. The first kappa shape index (κ1) is 22.6.